The number of unbranched alkanes of at least 4 members (excludes halogenated alkanes) is 4. The van der Waals surface area contributed by atoms with E-state index in [0.717, 1.165) is 17.3 Å². The Morgan fingerprint density at radius 3 is 2.50 bits per heavy atom. The molecule has 0 saturated heterocycles. The number of halogens is 1. The molecule has 0 aliphatic rings. The number of hydrogen-bond donors (Lipinski definition) is 1. The van der Waals surface area contributed by atoms with Gasteiger partial charge in [-0.25, -0.2) is 0 Å². The summed E-state index contributed by atoms with van der Waals surface area (Å²) in [5.74, 6) is 0. The first-order valence-corrected chi connectivity index (χ1v) is 7.23. The molecule has 0 amide bonds. The van der Waals surface area contributed by atoms with Crippen LogP contribution in [0.5, 0.6) is 0 Å². The Balaban J connectivity index is 2.43. The minimum atomic E-state index is 0.786. The fraction of sp³-hybridized carbons (Fsp3) is 0.600. The van der Waals surface area contributed by atoms with Crippen LogP contribution in [0.15, 0.2) is 18.2 Å². The van der Waals surface area contributed by atoms with E-state index in [2.05, 4.69) is 37.3 Å². The molecule has 1 rings (SSSR count). The third-order valence-corrected chi connectivity index (χ3v) is 3.27. The van der Waals surface area contributed by atoms with Gasteiger partial charge in [-0.15, -0.1) is 0 Å². The molecule has 0 fully saturated rings. The van der Waals surface area contributed by atoms with Crippen molar-refractivity contribution in [2.75, 3.05) is 30.9 Å². The van der Waals surface area contributed by atoms with Crippen molar-refractivity contribution in [1.29, 1.82) is 0 Å². The average molecular weight is 269 g/mol. The maximum Gasteiger partial charge on any atom is 0.0597 e. The maximum atomic E-state index is 6.04. The van der Waals surface area contributed by atoms with Gasteiger partial charge in [-0.3, -0.25) is 0 Å². The molecule has 0 spiro atoms. The zero-order valence-electron chi connectivity index (χ0n) is 11.8. The van der Waals surface area contributed by atoms with Crippen molar-refractivity contribution in [2.45, 2.75) is 39.0 Å². The van der Waals surface area contributed by atoms with Crippen LogP contribution in [0.1, 0.15) is 39.0 Å². The lowest BCUT2D eigenvalue weighted by atomic mass is 10.1. The van der Waals surface area contributed by atoms with Crippen molar-refractivity contribution in [2.24, 2.45) is 0 Å². The zero-order valence-corrected chi connectivity index (χ0v) is 12.6. The van der Waals surface area contributed by atoms with Crippen molar-refractivity contribution < 1.29 is 0 Å². The number of nitrogens with zero attached hydrogens (tertiary/aromatic N) is 1. The summed E-state index contributed by atoms with van der Waals surface area (Å²) in [6.07, 6.45) is 6.51. The third-order valence-electron chi connectivity index (χ3n) is 3.04. The van der Waals surface area contributed by atoms with Gasteiger partial charge in [0.25, 0.3) is 0 Å². The molecule has 1 aromatic rings. The molecule has 1 N–H and O–H groups in total. The molecule has 0 heterocycles. The molecule has 0 aliphatic carbocycles. The third kappa shape index (κ3) is 5.18. The van der Waals surface area contributed by atoms with Gasteiger partial charge in [0.1, 0.15) is 0 Å². The van der Waals surface area contributed by atoms with Crippen LogP contribution in [0.25, 0.3) is 0 Å². The van der Waals surface area contributed by atoms with Gasteiger partial charge in [-0.2, -0.15) is 0 Å². The van der Waals surface area contributed by atoms with E-state index in [4.69, 9.17) is 11.6 Å². The molecule has 0 radical (unpaired) electrons. The molecular formula is C15H25ClN2. The van der Waals surface area contributed by atoms with Crippen molar-refractivity contribution in [3.63, 3.8) is 0 Å². The molecule has 0 aliphatic heterocycles. The van der Waals surface area contributed by atoms with E-state index >= 15 is 0 Å². The quantitative estimate of drug-likeness (QED) is 0.682. The normalized spacial score (nSPS) is 10.4. The minimum absolute atomic E-state index is 0.786. The lowest BCUT2D eigenvalue weighted by molar-refractivity contribution is 0.645. The lowest BCUT2D eigenvalue weighted by Crippen LogP contribution is -2.12. The molecule has 2 nitrogen and oxygen atoms in total. The van der Waals surface area contributed by atoms with Crippen LogP contribution in [0.3, 0.4) is 0 Å². The van der Waals surface area contributed by atoms with Gasteiger partial charge in [0.2, 0.25) is 0 Å². The Labute approximate surface area is 116 Å². The first-order valence-electron chi connectivity index (χ1n) is 6.86. The monoisotopic (exact) mass is 268 g/mol. The largest absolute Gasteiger partial charge is 0.383 e. The van der Waals surface area contributed by atoms with Crippen LogP contribution < -0.4 is 10.2 Å². The first kappa shape index (κ1) is 15.2. The van der Waals surface area contributed by atoms with Crippen LogP contribution in [-0.2, 0) is 0 Å². The second-order valence-electron chi connectivity index (χ2n) is 4.90. The Morgan fingerprint density at radius 2 is 1.83 bits per heavy atom. The van der Waals surface area contributed by atoms with Gasteiger partial charge >= 0.3 is 0 Å². The zero-order chi connectivity index (χ0) is 13.4. The van der Waals surface area contributed by atoms with Crippen LogP contribution in [0, 0.1) is 0 Å². The number of hydrogen-bond acceptors (Lipinski definition) is 2. The molecule has 18 heavy (non-hydrogen) atoms. The van der Waals surface area contributed by atoms with Gasteiger partial charge in [-0.1, -0.05) is 44.2 Å². The highest BCUT2D eigenvalue weighted by atomic mass is 35.5. The summed E-state index contributed by atoms with van der Waals surface area (Å²) in [5, 5.41) is 4.27. The number of nitrogens with one attached hydrogen (secondary N) is 1. The van der Waals surface area contributed by atoms with Gasteiger partial charge in [0.15, 0.2) is 0 Å². The molecule has 0 aromatic heterocycles. The Morgan fingerprint density at radius 1 is 1.11 bits per heavy atom. The van der Waals surface area contributed by atoms with Crippen LogP contribution in [-0.4, -0.2) is 20.6 Å². The van der Waals surface area contributed by atoms with E-state index < -0.39 is 0 Å². The van der Waals surface area contributed by atoms with Crippen molar-refractivity contribution in [3.8, 4) is 0 Å². The second kappa shape index (κ2) is 8.25. The van der Waals surface area contributed by atoms with Crippen LogP contribution in [0.2, 0.25) is 5.02 Å². The summed E-state index contributed by atoms with van der Waals surface area (Å²) < 4.78 is 0. The maximum absolute atomic E-state index is 6.04. The molecule has 0 unspecified atom stereocenters. The fourth-order valence-electron chi connectivity index (χ4n) is 1.99. The number of anilines is 2. The van der Waals surface area contributed by atoms with Gasteiger partial charge in [0, 0.05) is 25.7 Å². The van der Waals surface area contributed by atoms with E-state index in [1.807, 2.05) is 12.1 Å². The molecule has 0 atom stereocenters. The standard InChI is InChI=1S/C15H25ClN2/c1-4-5-6-7-8-11-17-14-12-13(16)9-10-15(14)18(2)3/h9-10,12,17H,4-8,11H2,1-3H3. The van der Waals surface area contributed by atoms with Crippen molar-refractivity contribution in [1.82, 2.24) is 0 Å². The fourth-order valence-corrected chi connectivity index (χ4v) is 2.16. The predicted molar refractivity (Wildman–Crippen MR) is 83.0 cm³/mol. The second-order valence-corrected chi connectivity index (χ2v) is 5.33. The van der Waals surface area contributed by atoms with E-state index in [-0.39, 0.29) is 0 Å². The van der Waals surface area contributed by atoms with Gasteiger partial charge in [0.05, 0.1) is 11.4 Å². The Bertz CT molecular complexity index is 350. The number of benzene rings is 1. The summed E-state index contributed by atoms with van der Waals surface area (Å²) in [5.41, 5.74) is 2.32. The highest BCUT2D eigenvalue weighted by molar-refractivity contribution is 6.31. The first-order chi connectivity index (χ1) is 8.65. The van der Waals surface area contributed by atoms with E-state index in [1.165, 1.54) is 37.8 Å². The van der Waals surface area contributed by atoms with Crippen molar-refractivity contribution in [3.05, 3.63) is 23.2 Å². The minimum Gasteiger partial charge on any atom is -0.383 e. The van der Waals surface area contributed by atoms with Crippen LogP contribution >= 0.6 is 11.6 Å². The predicted octanol–water partition coefficient (Wildman–Crippen LogP) is 4.79. The topological polar surface area (TPSA) is 15.3 Å². The molecule has 102 valence electrons. The molecule has 0 saturated carbocycles. The van der Waals surface area contributed by atoms with Gasteiger partial charge in [-0.05, 0) is 24.6 Å². The Hall–Kier alpha value is -0.890. The van der Waals surface area contributed by atoms with E-state index in [9.17, 15) is 0 Å². The number of rotatable bonds is 8. The summed E-state index contributed by atoms with van der Waals surface area (Å²) >= 11 is 6.04. The summed E-state index contributed by atoms with van der Waals surface area (Å²) in [6, 6.07) is 5.99. The highest BCUT2D eigenvalue weighted by Gasteiger charge is 2.04. The van der Waals surface area contributed by atoms with Crippen LogP contribution in [0.4, 0.5) is 11.4 Å². The van der Waals surface area contributed by atoms with E-state index in [1.54, 1.807) is 0 Å². The van der Waals surface area contributed by atoms with E-state index in [0.29, 0.717) is 0 Å². The molecular weight excluding hydrogens is 244 g/mol. The summed E-state index contributed by atoms with van der Waals surface area (Å²) in [6.45, 7) is 3.26. The molecule has 3 heteroatoms. The average Bonchev–Trinajstić information content (AvgIpc) is 2.33. The van der Waals surface area contributed by atoms with Gasteiger partial charge < -0.3 is 10.2 Å². The smallest absolute Gasteiger partial charge is 0.0597 e. The SMILES string of the molecule is CCCCCCCNc1cc(Cl)ccc1N(C)C. The van der Waals surface area contributed by atoms with Crippen molar-refractivity contribution >= 4 is 23.0 Å². The molecule has 0 bridgehead atoms. The molecule has 1 aromatic carbocycles. The Kier molecular flexibility index (Phi) is 6.96. The lowest BCUT2D eigenvalue weighted by Gasteiger charge is -2.18. The highest BCUT2D eigenvalue weighted by Crippen LogP contribution is 2.27. The summed E-state index contributed by atoms with van der Waals surface area (Å²) in [7, 11) is 4.10. The summed E-state index contributed by atoms with van der Waals surface area (Å²) in [4.78, 5) is 2.11.